The maximum Gasteiger partial charge on any atom is 0.413 e. The molecule has 0 bridgehead atoms. The molecule has 0 atom stereocenters. The highest BCUT2D eigenvalue weighted by molar-refractivity contribution is 5.91. The minimum atomic E-state index is -0.567. The molecule has 1 aromatic carbocycles. The summed E-state index contributed by atoms with van der Waals surface area (Å²) < 4.78 is 12.3. The molecule has 3 aromatic rings. The molecule has 27 heavy (non-hydrogen) atoms. The first-order valence-corrected chi connectivity index (χ1v) is 8.69. The van der Waals surface area contributed by atoms with Crippen LogP contribution in [0.1, 0.15) is 41.3 Å². The number of ether oxygens (including phenoxy) is 1. The number of carbonyl (C=O) groups excluding carboxylic acids is 2. The van der Waals surface area contributed by atoms with Crippen molar-refractivity contribution in [1.29, 1.82) is 0 Å². The van der Waals surface area contributed by atoms with E-state index in [9.17, 15) is 9.59 Å². The van der Waals surface area contributed by atoms with Crippen LogP contribution in [-0.2, 0) is 24.3 Å². The molecule has 7 nitrogen and oxygen atoms in total. The molecule has 0 fully saturated rings. The van der Waals surface area contributed by atoms with Crippen molar-refractivity contribution in [3.8, 4) is 0 Å². The number of aromatic nitrogens is 2. The van der Waals surface area contributed by atoms with Crippen molar-refractivity contribution in [2.24, 2.45) is 0 Å². The number of furan rings is 1. The fourth-order valence-corrected chi connectivity index (χ4v) is 2.66. The normalized spacial score (nSPS) is 10.6. The number of ketones is 1. The van der Waals surface area contributed by atoms with Gasteiger partial charge in [-0.1, -0.05) is 31.2 Å². The van der Waals surface area contributed by atoms with E-state index in [0.29, 0.717) is 23.9 Å². The number of nitrogens with zero attached hydrogens (tertiary/aromatic N) is 2. The van der Waals surface area contributed by atoms with Gasteiger partial charge in [-0.25, -0.2) is 4.79 Å². The van der Waals surface area contributed by atoms with E-state index in [0.717, 1.165) is 17.5 Å². The van der Waals surface area contributed by atoms with Gasteiger partial charge in [-0.15, -0.1) is 0 Å². The molecule has 0 radical (unpaired) electrons. The zero-order valence-electron chi connectivity index (χ0n) is 15.3. The number of aryl methyl sites for hydroxylation is 1. The number of hydrogen-bond donors (Lipinski definition) is 1. The Balaban J connectivity index is 1.53. The third-order valence-electron chi connectivity index (χ3n) is 4.06. The predicted octanol–water partition coefficient (Wildman–Crippen LogP) is 4.04. The number of amides is 1. The minimum absolute atomic E-state index is 0.128. The Kier molecular flexibility index (Phi) is 5.71. The smallest absolute Gasteiger partial charge is 0.413 e. The summed E-state index contributed by atoms with van der Waals surface area (Å²) in [4.78, 5) is 23.3. The van der Waals surface area contributed by atoms with Gasteiger partial charge in [-0.2, -0.15) is 5.10 Å². The van der Waals surface area contributed by atoms with Crippen molar-refractivity contribution in [1.82, 2.24) is 9.78 Å². The number of rotatable bonds is 7. The predicted molar refractivity (Wildman–Crippen MR) is 99.7 cm³/mol. The maximum atomic E-state index is 12.0. The summed E-state index contributed by atoms with van der Waals surface area (Å²) in [6, 6.07) is 12.9. The first-order valence-electron chi connectivity index (χ1n) is 8.69. The number of Topliss-reactive ketones (excluding diaryl/α,β-unsaturated/α-hetero) is 1. The van der Waals surface area contributed by atoms with Crippen LogP contribution in [0.3, 0.4) is 0 Å². The van der Waals surface area contributed by atoms with E-state index in [4.69, 9.17) is 9.15 Å². The van der Waals surface area contributed by atoms with E-state index in [1.165, 1.54) is 6.92 Å². The zero-order chi connectivity index (χ0) is 19.2. The molecule has 0 saturated carbocycles. The van der Waals surface area contributed by atoms with Gasteiger partial charge >= 0.3 is 6.09 Å². The highest BCUT2D eigenvalue weighted by Gasteiger charge is 2.10. The van der Waals surface area contributed by atoms with Crippen molar-refractivity contribution in [2.75, 3.05) is 5.32 Å². The summed E-state index contributed by atoms with van der Waals surface area (Å²) in [6.07, 6.45) is 2.02. The van der Waals surface area contributed by atoms with Crippen LogP contribution < -0.4 is 5.32 Å². The molecular weight excluding hydrogens is 346 g/mol. The summed E-state index contributed by atoms with van der Waals surface area (Å²) in [6.45, 7) is 4.07. The van der Waals surface area contributed by atoms with Crippen molar-refractivity contribution in [2.45, 2.75) is 33.4 Å². The van der Waals surface area contributed by atoms with Gasteiger partial charge in [0.15, 0.2) is 17.4 Å². The number of nitrogens with one attached hydrogen (secondary N) is 1. The van der Waals surface area contributed by atoms with Gasteiger partial charge in [0, 0.05) is 19.2 Å². The summed E-state index contributed by atoms with van der Waals surface area (Å²) in [5.74, 6) is 1.17. The molecule has 0 aliphatic rings. The SMILES string of the molecule is CCc1ccccc1COC(=O)Nc1ccn(Cc2ccc(C(C)=O)o2)n1. The fourth-order valence-electron chi connectivity index (χ4n) is 2.66. The number of carbonyl (C=O) groups is 2. The topological polar surface area (TPSA) is 86.4 Å². The molecule has 0 saturated heterocycles. The van der Waals surface area contributed by atoms with Crippen molar-refractivity contribution in [3.05, 3.63) is 71.3 Å². The van der Waals surface area contributed by atoms with Crippen LogP contribution in [0.5, 0.6) is 0 Å². The summed E-state index contributed by atoms with van der Waals surface area (Å²) in [7, 11) is 0. The highest BCUT2D eigenvalue weighted by Crippen LogP contribution is 2.13. The molecular formula is C20H21N3O4. The molecule has 3 rings (SSSR count). The number of benzene rings is 1. The molecule has 2 aromatic heterocycles. The van der Waals surface area contributed by atoms with Gasteiger partial charge < -0.3 is 9.15 Å². The van der Waals surface area contributed by atoms with Gasteiger partial charge in [0.05, 0.1) is 6.54 Å². The maximum absolute atomic E-state index is 12.0. The molecule has 1 N–H and O–H groups in total. The molecule has 140 valence electrons. The van der Waals surface area contributed by atoms with Gasteiger partial charge in [0.2, 0.25) is 0 Å². The lowest BCUT2D eigenvalue weighted by molar-refractivity contribution is 0.0985. The molecule has 0 aliphatic heterocycles. The summed E-state index contributed by atoms with van der Waals surface area (Å²) in [5.41, 5.74) is 2.14. The average Bonchev–Trinajstić information content (AvgIpc) is 3.30. The largest absolute Gasteiger partial charge is 0.456 e. The second-order valence-corrected chi connectivity index (χ2v) is 6.04. The van der Waals surface area contributed by atoms with E-state index < -0.39 is 6.09 Å². The third kappa shape index (κ3) is 4.84. The van der Waals surface area contributed by atoms with Crippen molar-refractivity contribution < 1.29 is 18.7 Å². The Bertz CT molecular complexity index is 942. The molecule has 1 amide bonds. The van der Waals surface area contributed by atoms with Gasteiger partial charge in [0.25, 0.3) is 0 Å². The van der Waals surface area contributed by atoms with Crippen LogP contribution in [0.15, 0.2) is 53.1 Å². The second-order valence-electron chi connectivity index (χ2n) is 6.04. The van der Waals surface area contributed by atoms with E-state index in [2.05, 4.69) is 17.3 Å². The standard InChI is InChI=1S/C20H21N3O4/c1-3-15-6-4-5-7-16(15)13-26-20(25)21-19-10-11-23(22-19)12-17-8-9-18(27-17)14(2)24/h4-11H,3,12-13H2,1-2H3,(H,21,22,25). The van der Waals surface area contributed by atoms with Crippen LogP contribution in [-0.4, -0.2) is 21.7 Å². The Hall–Kier alpha value is -3.35. The monoisotopic (exact) mass is 367 g/mol. The van der Waals surface area contributed by atoms with E-state index in [-0.39, 0.29) is 12.4 Å². The Morgan fingerprint density at radius 2 is 1.93 bits per heavy atom. The number of hydrogen-bond acceptors (Lipinski definition) is 5. The first-order chi connectivity index (χ1) is 13.0. The van der Waals surface area contributed by atoms with Crippen molar-refractivity contribution in [3.63, 3.8) is 0 Å². The lowest BCUT2D eigenvalue weighted by Gasteiger charge is -2.08. The summed E-state index contributed by atoms with van der Waals surface area (Å²) >= 11 is 0. The van der Waals surface area contributed by atoms with Gasteiger partial charge in [-0.3, -0.25) is 14.8 Å². The molecule has 2 heterocycles. The Morgan fingerprint density at radius 3 is 2.63 bits per heavy atom. The van der Waals surface area contributed by atoms with Gasteiger partial charge in [0.1, 0.15) is 12.4 Å². The Labute approximate surface area is 156 Å². The average molecular weight is 367 g/mol. The molecule has 0 aliphatic carbocycles. The highest BCUT2D eigenvalue weighted by atomic mass is 16.5. The van der Waals surface area contributed by atoms with E-state index >= 15 is 0 Å². The third-order valence-corrected chi connectivity index (χ3v) is 4.06. The number of anilines is 1. The van der Waals surface area contributed by atoms with Crippen LogP contribution in [0.25, 0.3) is 0 Å². The van der Waals surface area contributed by atoms with Crippen LogP contribution >= 0.6 is 0 Å². The van der Waals surface area contributed by atoms with Crippen molar-refractivity contribution >= 4 is 17.7 Å². The molecule has 0 unspecified atom stereocenters. The Morgan fingerprint density at radius 1 is 1.15 bits per heavy atom. The second kappa shape index (κ2) is 8.35. The van der Waals surface area contributed by atoms with Gasteiger partial charge in [-0.05, 0) is 29.7 Å². The lowest BCUT2D eigenvalue weighted by Crippen LogP contribution is -2.14. The molecule has 0 spiro atoms. The quantitative estimate of drug-likeness (QED) is 0.637. The molecule has 7 heteroatoms. The van der Waals surface area contributed by atoms with Crippen LogP contribution in [0.2, 0.25) is 0 Å². The van der Waals surface area contributed by atoms with Crippen LogP contribution in [0, 0.1) is 0 Å². The minimum Gasteiger partial charge on any atom is -0.456 e. The summed E-state index contributed by atoms with van der Waals surface area (Å²) in [5, 5.41) is 6.85. The lowest BCUT2D eigenvalue weighted by atomic mass is 10.1. The fraction of sp³-hybridized carbons (Fsp3) is 0.250. The zero-order valence-corrected chi connectivity index (χ0v) is 15.3. The van der Waals surface area contributed by atoms with E-state index in [1.54, 1.807) is 29.1 Å². The van der Waals surface area contributed by atoms with E-state index in [1.807, 2.05) is 24.3 Å². The first kappa shape index (κ1) is 18.4. The van der Waals surface area contributed by atoms with Crippen LogP contribution in [0.4, 0.5) is 10.6 Å².